The molecular formula is C10H16N2O3. The van der Waals surface area contributed by atoms with E-state index in [9.17, 15) is 4.79 Å². The molecule has 1 unspecified atom stereocenters. The summed E-state index contributed by atoms with van der Waals surface area (Å²) < 4.78 is 5.48. The normalized spacial score (nSPS) is 22.2. The van der Waals surface area contributed by atoms with Gasteiger partial charge in [0.05, 0.1) is 25.2 Å². The fourth-order valence-electron chi connectivity index (χ4n) is 1.64. The summed E-state index contributed by atoms with van der Waals surface area (Å²) in [5, 5.41) is 17.0. The molecule has 0 aromatic heterocycles. The molecule has 1 aliphatic heterocycles. The Hall–Kier alpha value is -1.12. The molecule has 1 aliphatic rings. The van der Waals surface area contributed by atoms with E-state index in [4.69, 9.17) is 15.1 Å². The summed E-state index contributed by atoms with van der Waals surface area (Å²) in [4.78, 5) is 12.5. The second-order valence-corrected chi connectivity index (χ2v) is 3.63. The van der Waals surface area contributed by atoms with Gasteiger partial charge in [-0.1, -0.05) is 0 Å². The van der Waals surface area contributed by atoms with Gasteiger partial charge >= 0.3 is 5.97 Å². The predicted molar refractivity (Wildman–Crippen MR) is 53.3 cm³/mol. The maximum absolute atomic E-state index is 10.4. The molecule has 0 spiro atoms. The van der Waals surface area contributed by atoms with Crippen LogP contribution in [0.4, 0.5) is 0 Å². The molecule has 0 amide bonds. The number of nitriles is 1. The van der Waals surface area contributed by atoms with Crippen LogP contribution in [0.1, 0.15) is 19.3 Å². The Bertz CT molecular complexity index is 250. The van der Waals surface area contributed by atoms with E-state index in [-0.39, 0.29) is 12.5 Å². The molecule has 0 saturated carbocycles. The summed E-state index contributed by atoms with van der Waals surface area (Å²) in [7, 11) is 0. The van der Waals surface area contributed by atoms with Crippen molar-refractivity contribution in [3.63, 3.8) is 0 Å². The lowest BCUT2D eigenvalue weighted by Crippen LogP contribution is -2.43. The first kappa shape index (κ1) is 12.0. The molecule has 1 atom stereocenters. The molecule has 15 heavy (non-hydrogen) atoms. The zero-order chi connectivity index (χ0) is 11.1. The lowest BCUT2D eigenvalue weighted by atomic mass is 10.1. The van der Waals surface area contributed by atoms with Gasteiger partial charge in [-0.15, -0.1) is 0 Å². The van der Waals surface area contributed by atoms with Gasteiger partial charge in [0.1, 0.15) is 0 Å². The number of aliphatic carboxylic acids is 1. The molecule has 0 radical (unpaired) electrons. The maximum atomic E-state index is 10.4. The Balaban J connectivity index is 2.23. The van der Waals surface area contributed by atoms with Crippen LogP contribution in [0.3, 0.4) is 0 Å². The van der Waals surface area contributed by atoms with Crippen molar-refractivity contribution in [1.29, 1.82) is 5.26 Å². The van der Waals surface area contributed by atoms with Gasteiger partial charge in [-0.25, -0.2) is 0 Å². The van der Waals surface area contributed by atoms with Gasteiger partial charge in [-0.05, 0) is 6.42 Å². The first-order chi connectivity index (χ1) is 7.22. The molecule has 0 aromatic carbocycles. The Morgan fingerprint density at radius 2 is 2.47 bits per heavy atom. The molecule has 1 N–H and O–H groups in total. The van der Waals surface area contributed by atoms with E-state index in [1.54, 1.807) is 0 Å². The van der Waals surface area contributed by atoms with Gasteiger partial charge in [0.25, 0.3) is 0 Å². The summed E-state index contributed by atoms with van der Waals surface area (Å²) >= 11 is 0. The summed E-state index contributed by atoms with van der Waals surface area (Å²) in [5.41, 5.74) is 0. The fourth-order valence-corrected chi connectivity index (χ4v) is 1.64. The van der Waals surface area contributed by atoms with E-state index in [1.807, 2.05) is 0 Å². The van der Waals surface area contributed by atoms with Crippen LogP contribution < -0.4 is 0 Å². The van der Waals surface area contributed by atoms with Crippen LogP contribution in [0.25, 0.3) is 0 Å². The molecule has 5 heteroatoms. The number of morpholine rings is 1. The van der Waals surface area contributed by atoms with Crippen LogP contribution in [0.15, 0.2) is 0 Å². The number of carboxylic acids is 1. The van der Waals surface area contributed by atoms with Crippen LogP contribution in [0.2, 0.25) is 0 Å². The number of nitrogens with zero attached hydrogens (tertiary/aromatic N) is 2. The lowest BCUT2D eigenvalue weighted by Gasteiger charge is -2.32. The molecule has 1 saturated heterocycles. The van der Waals surface area contributed by atoms with Gasteiger partial charge in [0.2, 0.25) is 0 Å². The molecule has 84 valence electrons. The quantitative estimate of drug-likeness (QED) is 0.717. The van der Waals surface area contributed by atoms with Gasteiger partial charge in [-0.2, -0.15) is 5.26 Å². The molecule has 1 rings (SSSR count). The molecule has 0 aliphatic carbocycles. The molecule has 1 heterocycles. The SMILES string of the molecule is N#CCCC1CN(CCC(=O)O)CCO1. The highest BCUT2D eigenvalue weighted by molar-refractivity contribution is 5.66. The lowest BCUT2D eigenvalue weighted by molar-refractivity contribution is -0.137. The summed E-state index contributed by atoms with van der Waals surface area (Å²) in [6, 6.07) is 2.09. The minimum absolute atomic E-state index is 0.0900. The van der Waals surface area contributed by atoms with Crippen LogP contribution in [-0.4, -0.2) is 48.3 Å². The predicted octanol–water partition coefficient (Wildman–Crippen LogP) is 0.466. The summed E-state index contributed by atoms with van der Waals surface area (Å²) in [6.45, 7) is 2.74. The summed E-state index contributed by atoms with van der Waals surface area (Å²) in [6.07, 6.45) is 1.50. The number of carboxylic acid groups (broad SMARTS) is 1. The molecular weight excluding hydrogens is 196 g/mol. The van der Waals surface area contributed by atoms with E-state index < -0.39 is 5.97 Å². The monoisotopic (exact) mass is 212 g/mol. The second kappa shape index (κ2) is 6.38. The van der Waals surface area contributed by atoms with Crippen molar-refractivity contribution in [2.45, 2.75) is 25.4 Å². The number of hydrogen-bond acceptors (Lipinski definition) is 4. The van der Waals surface area contributed by atoms with Crippen molar-refractivity contribution in [1.82, 2.24) is 4.90 Å². The third-order valence-corrected chi connectivity index (χ3v) is 2.44. The van der Waals surface area contributed by atoms with Gasteiger partial charge in [0, 0.05) is 26.1 Å². The molecule has 0 aromatic rings. The number of carbonyl (C=O) groups is 1. The third kappa shape index (κ3) is 4.77. The van der Waals surface area contributed by atoms with Crippen molar-refractivity contribution in [3.05, 3.63) is 0 Å². The highest BCUT2D eigenvalue weighted by Crippen LogP contribution is 2.10. The molecule has 0 bridgehead atoms. The van der Waals surface area contributed by atoms with Crippen molar-refractivity contribution in [2.24, 2.45) is 0 Å². The third-order valence-electron chi connectivity index (χ3n) is 2.44. The summed E-state index contributed by atoms with van der Waals surface area (Å²) in [5.74, 6) is -0.768. The first-order valence-corrected chi connectivity index (χ1v) is 5.15. The zero-order valence-corrected chi connectivity index (χ0v) is 8.69. The molecule has 1 fully saturated rings. The van der Waals surface area contributed by atoms with E-state index in [1.165, 1.54) is 0 Å². The van der Waals surface area contributed by atoms with E-state index >= 15 is 0 Å². The van der Waals surface area contributed by atoms with Crippen molar-refractivity contribution < 1.29 is 14.6 Å². The van der Waals surface area contributed by atoms with Crippen LogP contribution >= 0.6 is 0 Å². The van der Waals surface area contributed by atoms with Crippen molar-refractivity contribution in [2.75, 3.05) is 26.2 Å². The van der Waals surface area contributed by atoms with E-state index in [0.717, 1.165) is 19.5 Å². The van der Waals surface area contributed by atoms with Crippen LogP contribution in [0, 0.1) is 11.3 Å². The minimum Gasteiger partial charge on any atom is -0.481 e. The van der Waals surface area contributed by atoms with Crippen molar-refractivity contribution >= 4 is 5.97 Å². The smallest absolute Gasteiger partial charge is 0.304 e. The number of hydrogen-bond donors (Lipinski definition) is 1. The highest BCUT2D eigenvalue weighted by atomic mass is 16.5. The van der Waals surface area contributed by atoms with E-state index in [2.05, 4.69) is 11.0 Å². The van der Waals surface area contributed by atoms with Crippen LogP contribution in [0.5, 0.6) is 0 Å². The Labute approximate surface area is 89.2 Å². The standard InChI is InChI=1S/C10H16N2O3/c11-4-1-2-9-8-12(6-7-15-9)5-3-10(13)14/h9H,1-3,5-8H2,(H,13,14). The Morgan fingerprint density at radius 3 is 3.13 bits per heavy atom. The van der Waals surface area contributed by atoms with E-state index in [0.29, 0.717) is 19.6 Å². The maximum Gasteiger partial charge on any atom is 0.304 e. The largest absolute Gasteiger partial charge is 0.481 e. The van der Waals surface area contributed by atoms with Gasteiger partial charge in [0.15, 0.2) is 0 Å². The average Bonchev–Trinajstić information content (AvgIpc) is 2.24. The first-order valence-electron chi connectivity index (χ1n) is 5.15. The number of ether oxygens (including phenoxy) is 1. The van der Waals surface area contributed by atoms with Gasteiger partial charge in [-0.3, -0.25) is 9.69 Å². The fraction of sp³-hybridized carbons (Fsp3) is 0.800. The van der Waals surface area contributed by atoms with Gasteiger partial charge < -0.3 is 9.84 Å². The highest BCUT2D eigenvalue weighted by Gasteiger charge is 2.20. The Kier molecular flexibility index (Phi) is 5.08. The van der Waals surface area contributed by atoms with Crippen molar-refractivity contribution in [3.8, 4) is 6.07 Å². The second-order valence-electron chi connectivity index (χ2n) is 3.63. The Morgan fingerprint density at radius 1 is 1.67 bits per heavy atom. The number of rotatable bonds is 5. The molecule has 5 nitrogen and oxygen atoms in total. The zero-order valence-electron chi connectivity index (χ0n) is 8.69. The topological polar surface area (TPSA) is 73.6 Å². The average molecular weight is 212 g/mol. The van der Waals surface area contributed by atoms with Crippen LogP contribution in [-0.2, 0) is 9.53 Å². The minimum atomic E-state index is -0.768.